The summed E-state index contributed by atoms with van der Waals surface area (Å²) < 4.78 is 0. The van der Waals surface area contributed by atoms with E-state index in [0.29, 0.717) is 0 Å². The van der Waals surface area contributed by atoms with Gasteiger partial charge in [0.25, 0.3) is 0 Å². The summed E-state index contributed by atoms with van der Waals surface area (Å²) in [5.41, 5.74) is 0. The van der Waals surface area contributed by atoms with Crippen LogP contribution in [0.25, 0.3) is 0 Å². The zero-order valence-corrected chi connectivity index (χ0v) is 5.14. The molecule has 0 saturated heterocycles. The fraction of sp³-hybridized carbons (Fsp3) is 0. The van der Waals surface area contributed by atoms with Crippen molar-refractivity contribution in [1.82, 2.24) is 0 Å². The topological polar surface area (TPSA) is 40.1 Å². The standard InChI is InChI=1S/C3H4O2.I/c1-2-3(4)5;/h2H,1H2,(H,4,5);/q;+1/p-1. The summed E-state index contributed by atoms with van der Waals surface area (Å²) in [4.78, 5) is 9.14. The number of hydrogen-bond acceptors (Lipinski definition) is 2. The molecule has 0 aromatic heterocycles. The highest BCUT2D eigenvalue weighted by Gasteiger charge is 1.55. The predicted molar refractivity (Wildman–Crippen MR) is 15.2 cm³/mol. The Hall–Kier alpha value is -0.0600. The smallest absolute Gasteiger partial charge is 0.545 e. The number of aliphatic carboxylic acids is 1. The van der Waals surface area contributed by atoms with Gasteiger partial charge in [0.1, 0.15) is 0 Å². The second-order valence-corrected chi connectivity index (χ2v) is 0.523. The van der Waals surface area contributed by atoms with E-state index in [2.05, 4.69) is 6.58 Å². The second-order valence-electron chi connectivity index (χ2n) is 0.523. The number of carbonyl (C=O) groups is 1. The molecule has 34 valence electrons. The molecule has 3 heteroatoms. The molecule has 0 aromatic carbocycles. The quantitative estimate of drug-likeness (QED) is 0.317. The van der Waals surface area contributed by atoms with Crippen LogP contribution in [0.15, 0.2) is 12.7 Å². The molecule has 0 N–H and O–H groups in total. The van der Waals surface area contributed by atoms with Crippen LogP contribution in [0.2, 0.25) is 0 Å². The highest BCUT2D eigenvalue weighted by molar-refractivity contribution is 5.76. The van der Waals surface area contributed by atoms with E-state index in [1.54, 1.807) is 0 Å². The fourth-order valence-corrected chi connectivity index (χ4v) is 0. The lowest BCUT2D eigenvalue weighted by Crippen LogP contribution is -3.00. The van der Waals surface area contributed by atoms with E-state index < -0.39 is 5.97 Å². The fourth-order valence-electron chi connectivity index (χ4n) is 0. The van der Waals surface area contributed by atoms with Crippen LogP contribution >= 0.6 is 0 Å². The Labute approximate surface area is 52.9 Å². The molecule has 0 fully saturated rings. The van der Waals surface area contributed by atoms with Gasteiger partial charge in [-0.3, -0.25) is 0 Å². The molecule has 0 aromatic rings. The lowest BCUT2D eigenvalue weighted by molar-refractivity contribution is -0.297. The van der Waals surface area contributed by atoms with Gasteiger partial charge in [-0.2, -0.15) is 0 Å². The zero-order valence-electron chi connectivity index (χ0n) is 2.98. The van der Waals surface area contributed by atoms with Crippen molar-refractivity contribution in [3.8, 4) is 0 Å². The van der Waals surface area contributed by atoms with E-state index in [0.717, 1.165) is 6.08 Å². The van der Waals surface area contributed by atoms with Crippen molar-refractivity contribution in [2.45, 2.75) is 0 Å². The number of carbonyl (C=O) groups excluding carboxylic acids is 1. The van der Waals surface area contributed by atoms with Crippen molar-refractivity contribution in [2.24, 2.45) is 0 Å². The van der Waals surface area contributed by atoms with Gasteiger partial charge in [0, 0.05) is 0 Å². The van der Waals surface area contributed by atoms with E-state index >= 15 is 0 Å². The molecule has 0 rings (SSSR count). The summed E-state index contributed by atoms with van der Waals surface area (Å²) in [6, 6.07) is 0. The van der Waals surface area contributed by atoms with E-state index in [4.69, 9.17) is 9.90 Å². The molecule has 0 heterocycles. The third kappa shape index (κ3) is 9.05. The highest BCUT2D eigenvalue weighted by Crippen LogP contribution is 1.47. The minimum atomic E-state index is -1.23. The first-order valence-corrected chi connectivity index (χ1v) is 1.11. The van der Waals surface area contributed by atoms with Crippen LogP contribution in [-0.4, -0.2) is 5.97 Å². The first-order valence-electron chi connectivity index (χ1n) is 1.11. The average molecular weight is 198 g/mol. The molecule has 0 amide bonds. The summed E-state index contributed by atoms with van der Waals surface area (Å²) in [5, 5.41) is 9.14. The number of hydrogen-bond donors (Lipinski definition) is 0. The van der Waals surface area contributed by atoms with Gasteiger partial charge >= 0.3 is 24.0 Å². The van der Waals surface area contributed by atoms with Crippen molar-refractivity contribution >= 4 is 5.97 Å². The summed E-state index contributed by atoms with van der Waals surface area (Å²) in [6.07, 6.45) is 0.722. The van der Waals surface area contributed by atoms with Gasteiger partial charge in [0.05, 0.1) is 5.97 Å². The van der Waals surface area contributed by atoms with E-state index in [1.165, 1.54) is 0 Å². The number of rotatable bonds is 1. The van der Waals surface area contributed by atoms with Gasteiger partial charge in [-0.25, -0.2) is 0 Å². The number of halogens is 1. The Bertz CT molecular complexity index is 59.8. The van der Waals surface area contributed by atoms with Gasteiger partial charge in [-0.15, -0.1) is 0 Å². The lowest BCUT2D eigenvalue weighted by Gasteiger charge is -1.81. The van der Waals surface area contributed by atoms with Crippen LogP contribution in [-0.2, 0) is 4.79 Å². The predicted octanol–water partition coefficient (Wildman–Crippen LogP) is -4.07. The summed E-state index contributed by atoms with van der Waals surface area (Å²) in [5.74, 6) is -1.23. The zero-order chi connectivity index (χ0) is 4.28. The molecule has 0 unspecified atom stereocenters. The van der Waals surface area contributed by atoms with Crippen molar-refractivity contribution in [2.75, 3.05) is 0 Å². The molecule has 0 spiro atoms. The molecule has 2 radical (unpaired) electrons. The van der Waals surface area contributed by atoms with Crippen LogP contribution in [0.4, 0.5) is 0 Å². The SMILES string of the molecule is C=CC(=O)[O-].[I+]. The third-order valence-corrected chi connectivity index (χ3v) is 0.167. The Morgan fingerprint density at radius 3 is 2.00 bits per heavy atom. The molecular formula is C3H3IO2. The first kappa shape index (κ1) is 9.34. The normalized spacial score (nSPS) is 5.33. The van der Waals surface area contributed by atoms with Gasteiger partial charge in [0.15, 0.2) is 0 Å². The Morgan fingerprint density at radius 1 is 1.83 bits per heavy atom. The molecule has 0 aliphatic rings. The summed E-state index contributed by atoms with van der Waals surface area (Å²) >= 11 is 0. The Balaban J connectivity index is 0. The minimum absolute atomic E-state index is 0. The van der Waals surface area contributed by atoms with Gasteiger partial charge in [0.2, 0.25) is 0 Å². The molecule has 0 bridgehead atoms. The first-order chi connectivity index (χ1) is 2.27. The minimum Gasteiger partial charge on any atom is -0.545 e. The monoisotopic (exact) mass is 198 g/mol. The van der Waals surface area contributed by atoms with Crippen LogP contribution in [0, 0.1) is 0 Å². The summed E-state index contributed by atoms with van der Waals surface area (Å²) in [7, 11) is 0. The van der Waals surface area contributed by atoms with E-state index in [9.17, 15) is 0 Å². The van der Waals surface area contributed by atoms with Crippen molar-refractivity contribution in [3.05, 3.63) is 12.7 Å². The maximum atomic E-state index is 9.14. The molecule has 2 nitrogen and oxygen atoms in total. The van der Waals surface area contributed by atoms with E-state index in [1.807, 2.05) is 0 Å². The summed E-state index contributed by atoms with van der Waals surface area (Å²) in [6.45, 7) is 2.90. The maximum absolute atomic E-state index is 9.14. The molecule has 0 saturated carbocycles. The van der Waals surface area contributed by atoms with Crippen molar-refractivity contribution in [3.63, 3.8) is 0 Å². The number of carboxylic acid groups (broad SMARTS) is 1. The molecule has 0 atom stereocenters. The van der Waals surface area contributed by atoms with Crippen LogP contribution in [0.5, 0.6) is 0 Å². The highest BCUT2D eigenvalue weighted by atomic mass is 127. The van der Waals surface area contributed by atoms with Gasteiger partial charge < -0.3 is 9.90 Å². The van der Waals surface area contributed by atoms with Gasteiger partial charge in [-0.1, -0.05) is 6.58 Å². The lowest BCUT2D eigenvalue weighted by atomic mass is 10.7. The number of carboxylic acids is 1. The average Bonchev–Trinajstić information content (AvgIpc) is 1.38. The van der Waals surface area contributed by atoms with Crippen LogP contribution < -0.4 is 29.1 Å². The third-order valence-electron chi connectivity index (χ3n) is 0.167. The second kappa shape index (κ2) is 4.94. The Morgan fingerprint density at radius 2 is 2.00 bits per heavy atom. The molecule has 6 heavy (non-hydrogen) atoms. The molecule has 0 aliphatic carbocycles. The molecule has 0 aliphatic heterocycles. The van der Waals surface area contributed by atoms with Crippen LogP contribution in [0.3, 0.4) is 0 Å². The van der Waals surface area contributed by atoms with Crippen molar-refractivity contribution < 1.29 is 33.9 Å². The maximum Gasteiger partial charge on any atom is 1.00 e. The van der Waals surface area contributed by atoms with Crippen molar-refractivity contribution in [1.29, 1.82) is 0 Å². The van der Waals surface area contributed by atoms with Crippen LogP contribution in [0.1, 0.15) is 0 Å². The largest absolute Gasteiger partial charge is 1.00 e. The Kier molecular flexibility index (Phi) is 7.69. The van der Waals surface area contributed by atoms with Gasteiger partial charge in [-0.05, 0) is 6.08 Å². The van der Waals surface area contributed by atoms with E-state index in [-0.39, 0.29) is 24.0 Å². The molecular weight excluding hydrogens is 195 g/mol.